The molecule has 25 heavy (non-hydrogen) atoms. The fourth-order valence-corrected chi connectivity index (χ4v) is 3.09. The van der Waals surface area contributed by atoms with Crippen LogP contribution in [0.3, 0.4) is 0 Å². The Balaban J connectivity index is 1.42. The molecule has 0 aromatic heterocycles. The summed E-state index contributed by atoms with van der Waals surface area (Å²) in [6.07, 6.45) is 0.0716. The van der Waals surface area contributed by atoms with Gasteiger partial charge in [-0.1, -0.05) is 18.2 Å². The number of carbonyl (C=O) groups is 1. The van der Waals surface area contributed by atoms with Gasteiger partial charge in [0.15, 0.2) is 11.5 Å². The van der Waals surface area contributed by atoms with Crippen LogP contribution in [0, 0.1) is 5.82 Å². The Morgan fingerprint density at radius 2 is 1.92 bits per heavy atom. The number of ether oxygens (including phenoxy) is 3. The molecule has 130 valence electrons. The van der Waals surface area contributed by atoms with Gasteiger partial charge in [-0.2, -0.15) is 0 Å². The standard InChI is InChI=1S/C19H18FNO4/c20-15-4-2-14(3-5-15)18-11-21(7-8-23-18)19(22)10-13-1-6-16-17(9-13)25-12-24-16/h1-6,9,18H,7-8,10-12H2/t18-/m1/s1. The van der Waals surface area contributed by atoms with Gasteiger partial charge in [-0.25, -0.2) is 4.39 Å². The van der Waals surface area contributed by atoms with Crippen molar-refractivity contribution >= 4 is 5.91 Å². The van der Waals surface area contributed by atoms with Gasteiger partial charge < -0.3 is 19.1 Å². The van der Waals surface area contributed by atoms with Crippen molar-refractivity contribution in [1.29, 1.82) is 0 Å². The normalized spacial score (nSPS) is 19.1. The minimum atomic E-state index is -0.282. The molecule has 2 aliphatic heterocycles. The van der Waals surface area contributed by atoms with Gasteiger partial charge >= 0.3 is 0 Å². The molecule has 4 rings (SSSR count). The van der Waals surface area contributed by atoms with E-state index in [1.54, 1.807) is 17.0 Å². The van der Waals surface area contributed by atoms with Crippen molar-refractivity contribution in [1.82, 2.24) is 4.90 Å². The summed E-state index contributed by atoms with van der Waals surface area (Å²) in [4.78, 5) is 14.4. The molecule has 6 heteroatoms. The average molecular weight is 343 g/mol. The number of nitrogens with zero attached hydrogens (tertiary/aromatic N) is 1. The van der Waals surface area contributed by atoms with Crippen molar-refractivity contribution < 1.29 is 23.4 Å². The van der Waals surface area contributed by atoms with E-state index in [0.717, 1.165) is 11.1 Å². The molecule has 0 saturated carbocycles. The Labute approximate surface area is 144 Å². The third-order valence-corrected chi connectivity index (χ3v) is 4.45. The Bertz CT molecular complexity index is 777. The van der Waals surface area contributed by atoms with E-state index in [4.69, 9.17) is 14.2 Å². The van der Waals surface area contributed by atoms with Crippen LogP contribution < -0.4 is 9.47 Å². The minimum Gasteiger partial charge on any atom is -0.454 e. The van der Waals surface area contributed by atoms with Crippen molar-refractivity contribution in [2.45, 2.75) is 12.5 Å². The van der Waals surface area contributed by atoms with E-state index in [0.29, 0.717) is 37.6 Å². The number of rotatable bonds is 3. The van der Waals surface area contributed by atoms with Crippen molar-refractivity contribution in [3.8, 4) is 11.5 Å². The zero-order valence-corrected chi connectivity index (χ0v) is 13.6. The molecule has 0 aliphatic carbocycles. The van der Waals surface area contributed by atoms with Crippen LogP contribution in [0.5, 0.6) is 11.5 Å². The summed E-state index contributed by atoms with van der Waals surface area (Å²) in [6, 6.07) is 11.8. The second kappa shape index (κ2) is 6.72. The topological polar surface area (TPSA) is 48.0 Å². The van der Waals surface area contributed by atoms with Gasteiger partial charge in [0, 0.05) is 6.54 Å². The molecule has 0 spiro atoms. The highest BCUT2D eigenvalue weighted by molar-refractivity contribution is 5.79. The van der Waals surface area contributed by atoms with E-state index < -0.39 is 0 Å². The number of benzene rings is 2. The molecule has 5 nitrogen and oxygen atoms in total. The summed E-state index contributed by atoms with van der Waals surface area (Å²) in [5, 5.41) is 0. The van der Waals surface area contributed by atoms with E-state index in [9.17, 15) is 9.18 Å². The summed E-state index contributed by atoms with van der Waals surface area (Å²) in [6.45, 7) is 1.71. The third-order valence-electron chi connectivity index (χ3n) is 4.45. The molecule has 1 fully saturated rings. The highest BCUT2D eigenvalue weighted by atomic mass is 19.1. The number of hydrogen-bond donors (Lipinski definition) is 0. The number of carbonyl (C=O) groups excluding carboxylic acids is 1. The zero-order chi connectivity index (χ0) is 17.2. The van der Waals surface area contributed by atoms with E-state index >= 15 is 0 Å². The highest BCUT2D eigenvalue weighted by Gasteiger charge is 2.26. The summed E-state index contributed by atoms with van der Waals surface area (Å²) in [5.41, 5.74) is 1.76. The van der Waals surface area contributed by atoms with Gasteiger partial charge in [0.05, 0.1) is 19.6 Å². The van der Waals surface area contributed by atoms with Crippen LogP contribution in [0.1, 0.15) is 17.2 Å². The number of amides is 1. The van der Waals surface area contributed by atoms with Gasteiger partial charge in [-0.15, -0.1) is 0 Å². The van der Waals surface area contributed by atoms with Crippen molar-refractivity contribution in [2.24, 2.45) is 0 Å². The molecular weight excluding hydrogens is 325 g/mol. The fourth-order valence-electron chi connectivity index (χ4n) is 3.09. The molecule has 2 aromatic rings. The van der Waals surface area contributed by atoms with Gasteiger partial charge in [0.1, 0.15) is 11.9 Å². The summed E-state index contributed by atoms with van der Waals surface area (Å²) in [5.74, 6) is 1.14. The molecular formula is C19H18FNO4. The molecule has 0 radical (unpaired) electrons. The Kier molecular flexibility index (Phi) is 4.28. The minimum absolute atomic E-state index is 0.0364. The quantitative estimate of drug-likeness (QED) is 0.860. The lowest BCUT2D eigenvalue weighted by Crippen LogP contribution is -2.42. The Morgan fingerprint density at radius 3 is 2.76 bits per heavy atom. The van der Waals surface area contributed by atoms with Crippen LogP contribution in [-0.4, -0.2) is 37.3 Å². The van der Waals surface area contributed by atoms with Gasteiger partial charge in [0.25, 0.3) is 0 Å². The van der Waals surface area contributed by atoms with Gasteiger partial charge in [0.2, 0.25) is 12.7 Å². The van der Waals surface area contributed by atoms with E-state index in [-0.39, 0.29) is 24.6 Å². The zero-order valence-electron chi connectivity index (χ0n) is 13.6. The van der Waals surface area contributed by atoms with Crippen molar-refractivity contribution in [2.75, 3.05) is 26.5 Å². The maximum atomic E-state index is 13.1. The number of morpholine rings is 1. The predicted octanol–water partition coefficient (Wildman–Crippen LogP) is 2.70. The molecule has 2 aromatic carbocycles. The van der Waals surface area contributed by atoms with Crippen LogP contribution in [0.2, 0.25) is 0 Å². The van der Waals surface area contributed by atoms with Crippen LogP contribution >= 0.6 is 0 Å². The molecule has 1 atom stereocenters. The molecule has 0 bridgehead atoms. The number of fused-ring (bicyclic) bond motifs is 1. The van der Waals surface area contributed by atoms with Gasteiger partial charge in [-0.3, -0.25) is 4.79 Å². The first kappa shape index (κ1) is 15.9. The van der Waals surface area contributed by atoms with Crippen LogP contribution in [0.4, 0.5) is 4.39 Å². The average Bonchev–Trinajstić information content (AvgIpc) is 3.10. The Hall–Kier alpha value is -2.60. The molecule has 0 N–H and O–H groups in total. The highest BCUT2D eigenvalue weighted by Crippen LogP contribution is 2.33. The Morgan fingerprint density at radius 1 is 1.12 bits per heavy atom. The maximum absolute atomic E-state index is 13.1. The second-order valence-corrected chi connectivity index (χ2v) is 6.12. The summed E-state index contributed by atoms with van der Waals surface area (Å²) >= 11 is 0. The summed E-state index contributed by atoms with van der Waals surface area (Å²) < 4.78 is 29.5. The summed E-state index contributed by atoms with van der Waals surface area (Å²) in [7, 11) is 0. The maximum Gasteiger partial charge on any atom is 0.231 e. The fraction of sp³-hybridized carbons (Fsp3) is 0.316. The monoisotopic (exact) mass is 343 g/mol. The lowest BCUT2D eigenvalue weighted by molar-refractivity contribution is -0.138. The predicted molar refractivity (Wildman–Crippen MR) is 87.9 cm³/mol. The first-order valence-electron chi connectivity index (χ1n) is 8.22. The molecule has 2 heterocycles. The van der Waals surface area contributed by atoms with E-state index in [2.05, 4.69) is 0 Å². The first-order chi connectivity index (χ1) is 12.2. The lowest BCUT2D eigenvalue weighted by Gasteiger charge is -2.33. The molecule has 1 amide bonds. The van der Waals surface area contributed by atoms with Gasteiger partial charge in [-0.05, 0) is 35.4 Å². The SMILES string of the molecule is O=C(Cc1ccc2c(c1)OCO2)N1CCO[C@@H](c2ccc(F)cc2)C1. The van der Waals surface area contributed by atoms with E-state index in [1.165, 1.54) is 12.1 Å². The van der Waals surface area contributed by atoms with Crippen LogP contribution in [-0.2, 0) is 16.0 Å². The van der Waals surface area contributed by atoms with Crippen molar-refractivity contribution in [3.05, 3.63) is 59.4 Å². The van der Waals surface area contributed by atoms with E-state index in [1.807, 2.05) is 18.2 Å². The molecule has 1 saturated heterocycles. The molecule has 2 aliphatic rings. The smallest absolute Gasteiger partial charge is 0.231 e. The number of halogens is 1. The number of hydrogen-bond acceptors (Lipinski definition) is 4. The van der Waals surface area contributed by atoms with Crippen molar-refractivity contribution in [3.63, 3.8) is 0 Å². The second-order valence-electron chi connectivity index (χ2n) is 6.12. The van der Waals surface area contributed by atoms with Crippen LogP contribution in [0.25, 0.3) is 0 Å². The van der Waals surface area contributed by atoms with Crippen LogP contribution in [0.15, 0.2) is 42.5 Å². The molecule has 0 unspecified atom stereocenters. The first-order valence-corrected chi connectivity index (χ1v) is 8.22. The third kappa shape index (κ3) is 3.44. The lowest BCUT2D eigenvalue weighted by atomic mass is 10.1. The largest absolute Gasteiger partial charge is 0.454 e.